The molecule has 0 aromatic carbocycles. The van der Waals surface area contributed by atoms with Crippen LogP contribution in [0.25, 0.3) is 0 Å². The number of carbonyl (C=O) groups excluding carboxylic acids is 1. The summed E-state index contributed by atoms with van der Waals surface area (Å²) in [6.45, 7) is 0. The van der Waals surface area contributed by atoms with Gasteiger partial charge in [0.25, 0.3) is 0 Å². The molecule has 0 aliphatic rings. The molecule has 0 aliphatic carbocycles. The monoisotopic (exact) mass is 409 g/mol. The Morgan fingerprint density at radius 1 is 1.47 bits per heavy atom. The largest absolute Gasteiger partial charge is 0.573 e. The number of hydrogen-bond donors (Lipinski definition) is 0. The molecule has 19 heavy (non-hydrogen) atoms. The maximum Gasteiger partial charge on any atom is 0.573 e. The number of methoxy groups -OCH3 is 1. The van der Waals surface area contributed by atoms with Crippen molar-refractivity contribution in [3.05, 3.63) is 21.0 Å². The lowest BCUT2D eigenvalue weighted by atomic mass is 10.2. The summed E-state index contributed by atoms with van der Waals surface area (Å²) in [7, 11) is 1.13. The molecule has 0 aliphatic heterocycles. The van der Waals surface area contributed by atoms with Crippen molar-refractivity contribution < 1.29 is 27.4 Å². The van der Waals surface area contributed by atoms with Gasteiger partial charge in [0, 0.05) is 3.57 Å². The average Bonchev–Trinajstić information content (AvgIpc) is 2.30. The number of alkyl halides is 4. The Morgan fingerprint density at radius 3 is 2.58 bits per heavy atom. The highest BCUT2D eigenvalue weighted by atomic mass is 127. The fraction of sp³-hybridized carbons (Fsp3) is 0.400. The minimum atomic E-state index is -4.86. The first-order chi connectivity index (χ1) is 8.76. The van der Waals surface area contributed by atoms with Gasteiger partial charge < -0.3 is 9.47 Å². The van der Waals surface area contributed by atoms with Gasteiger partial charge in [0.15, 0.2) is 5.75 Å². The second-order valence-corrected chi connectivity index (χ2v) is 4.73. The van der Waals surface area contributed by atoms with Crippen LogP contribution >= 0.6 is 34.2 Å². The Bertz CT molecular complexity index is 482. The Labute approximate surface area is 125 Å². The van der Waals surface area contributed by atoms with Crippen LogP contribution in [0.15, 0.2) is 6.07 Å². The van der Waals surface area contributed by atoms with Gasteiger partial charge in [-0.25, -0.2) is 0 Å². The molecule has 0 fully saturated rings. The van der Waals surface area contributed by atoms with Crippen LogP contribution < -0.4 is 4.74 Å². The number of pyridine rings is 1. The van der Waals surface area contributed by atoms with Gasteiger partial charge in [-0.3, -0.25) is 9.78 Å². The van der Waals surface area contributed by atoms with E-state index in [0.717, 1.165) is 13.2 Å². The number of nitrogens with zero attached hydrogens (tertiary/aromatic N) is 1. The lowest BCUT2D eigenvalue weighted by molar-refractivity contribution is -0.275. The third-order valence-corrected chi connectivity index (χ3v) is 3.17. The number of hydrogen-bond acceptors (Lipinski definition) is 4. The van der Waals surface area contributed by atoms with Crippen molar-refractivity contribution in [1.29, 1.82) is 0 Å². The summed E-state index contributed by atoms with van der Waals surface area (Å²) in [6, 6.07) is 1.14. The summed E-state index contributed by atoms with van der Waals surface area (Å²) in [4.78, 5) is 15.0. The first-order valence-corrected chi connectivity index (χ1v) is 6.45. The van der Waals surface area contributed by atoms with Crippen molar-refractivity contribution in [3.8, 4) is 5.75 Å². The van der Waals surface area contributed by atoms with Gasteiger partial charge in [-0.2, -0.15) is 0 Å². The van der Waals surface area contributed by atoms with E-state index in [2.05, 4.69) is 14.5 Å². The van der Waals surface area contributed by atoms with Crippen LogP contribution in [-0.4, -0.2) is 24.4 Å². The van der Waals surface area contributed by atoms with E-state index in [0.29, 0.717) is 9.26 Å². The smallest absolute Gasteiger partial charge is 0.469 e. The van der Waals surface area contributed by atoms with E-state index in [1.54, 1.807) is 22.6 Å². The molecule has 106 valence electrons. The zero-order chi connectivity index (χ0) is 14.6. The fourth-order valence-corrected chi connectivity index (χ4v) is 2.22. The third kappa shape index (κ3) is 5.01. The number of rotatable bonds is 4. The average molecular weight is 410 g/mol. The molecule has 1 rings (SSSR count). The van der Waals surface area contributed by atoms with E-state index in [4.69, 9.17) is 11.6 Å². The predicted molar refractivity (Wildman–Crippen MR) is 68.9 cm³/mol. The lowest BCUT2D eigenvalue weighted by Crippen LogP contribution is -2.20. The first-order valence-electron chi connectivity index (χ1n) is 4.83. The number of ether oxygens (including phenoxy) is 2. The maximum absolute atomic E-state index is 12.3. The highest BCUT2D eigenvalue weighted by Crippen LogP contribution is 2.29. The van der Waals surface area contributed by atoms with Crippen LogP contribution in [0.4, 0.5) is 13.2 Å². The molecule has 0 radical (unpaired) electrons. The van der Waals surface area contributed by atoms with Crippen molar-refractivity contribution >= 4 is 40.2 Å². The van der Waals surface area contributed by atoms with Crippen molar-refractivity contribution in [2.75, 3.05) is 7.11 Å². The van der Waals surface area contributed by atoms with E-state index < -0.39 is 24.5 Å². The SMILES string of the molecule is COC(=O)Cc1nc(CCl)c(I)cc1OC(F)(F)F. The first kappa shape index (κ1) is 16.3. The second kappa shape index (κ2) is 6.60. The zero-order valence-electron chi connectivity index (χ0n) is 9.55. The molecule has 0 atom stereocenters. The summed E-state index contributed by atoms with van der Waals surface area (Å²) < 4.78 is 45.4. The van der Waals surface area contributed by atoms with Crippen LogP contribution in [0.2, 0.25) is 0 Å². The molecule has 0 N–H and O–H groups in total. The Kier molecular flexibility index (Phi) is 5.65. The third-order valence-electron chi connectivity index (χ3n) is 1.98. The molecule has 9 heteroatoms. The quantitative estimate of drug-likeness (QED) is 0.436. The minimum absolute atomic E-state index is 0.0126. The molecule has 4 nitrogen and oxygen atoms in total. The van der Waals surface area contributed by atoms with Crippen molar-refractivity contribution in [3.63, 3.8) is 0 Å². The van der Waals surface area contributed by atoms with E-state index in [9.17, 15) is 18.0 Å². The van der Waals surface area contributed by atoms with Crippen molar-refractivity contribution in [2.45, 2.75) is 18.7 Å². The number of halogens is 5. The summed E-state index contributed by atoms with van der Waals surface area (Å²) >= 11 is 7.40. The number of aromatic nitrogens is 1. The summed E-state index contributed by atoms with van der Waals surface area (Å²) in [6.07, 6.45) is -5.29. The van der Waals surface area contributed by atoms with E-state index in [-0.39, 0.29) is 11.6 Å². The van der Waals surface area contributed by atoms with Gasteiger partial charge in [0.05, 0.1) is 30.8 Å². The van der Waals surface area contributed by atoms with Crippen LogP contribution in [0.3, 0.4) is 0 Å². The highest BCUT2D eigenvalue weighted by Gasteiger charge is 2.33. The van der Waals surface area contributed by atoms with Crippen LogP contribution in [0.1, 0.15) is 11.4 Å². The van der Waals surface area contributed by atoms with Gasteiger partial charge in [0.2, 0.25) is 0 Å². The normalized spacial score (nSPS) is 11.3. The maximum atomic E-state index is 12.3. The van der Waals surface area contributed by atoms with Gasteiger partial charge in [-0.15, -0.1) is 24.8 Å². The van der Waals surface area contributed by atoms with Crippen LogP contribution in [0.5, 0.6) is 5.75 Å². The number of esters is 1. The minimum Gasteiger partial charge on any atom is -0.469 e. The van der Waals surface area contributed by atoms with E-state index >= 15 is 0 Å². The lowest BCUT2D eigenvalue weighted by Gasteiger charge is -2.14. The molecule has 0 unspecified atom stereocenters. The van der Waals surface area contributed by atoms with Crippen molar-refractivity contribution in [1.82, 2.24) is 4.98 Å². The van der Waals surface area contributed by atoms with Crippen molar-refractivity contribution in [2.24, 2.45) is 0 Å². The molecule has 0 amide bonds. The van der Waals surface area contributed by atoms with Gasteiger partial charge in [-0.1, -0.05) is 0 Å². The summed E-state index contributed by atoms with van der Waals surface area (Å²) in [5, 5.41) is 0. The van der Waals surface area contributed by atoms with Crippen LogP contribution in [-0.2, 0) is 21.8 Å². The topological polar surface area (TPSA) is 48.4 Å². The molecule has 0 saturated heterocycles. The summed E-state index contributed by atoms with van der Waals surface area (Å²) in [5.74, 6) is -1.24. The molecule has 0 spiro atoms. The zero-order valence-corrected chi connectivity index (χ0v) is 12.5. The van der Waals surface area contributed by atoms with Gasteiger partial charge in [0.1, 0.15) is 0 Å². The summed E-state index contributed by atoms with van der Waals surface area (Å²) in [5.41, 5.74) is 0.205. The predicted octanol–water partition coefficient (Wildman–Crippen LogP) is 3.04. The standard InChI is InChI=1S/C10H8ClF3INO3/c1-18-9(17)3-6-8(19-10(12,13)14)2-5(15)7(4-11)16-6/h2H,3-4H2,1H3. The van der Waals surface area contributed by atoms with E-state index in [1.165, 1.54) is 0 Å². The molecule has 1 aromatic rings. The second-order valence-electron chi connectivity index (χ2n) is 3.30. The molecule has 0 saturated carbocycles. The highest BCUT2D eigenvalue weighted by molar-refractivity contribution is 14.1. The van der Waals surface area contributed by atoms with Crippen LogP contribution in [0, 0.1) is 3.57 Å². The molecule has 1 heterocycles. The van der Waals surface area contributed by atoms with E-state index in [1.807, 2.05) is 0 Å². The Balaban J connectivity index is 3.18. The fourth-order valence-electron chi connectivity index (χ4n) is 1.20. The molecular weight excluding hydrogens is 401 g/mol. The Morgan fingerprint density at radius 2 is 2.11 bits per heavy atom. The Hall–Kier alpha value is -0.770. The number of carbonyl (C=O) groups is 1. The molecular formula is C10H8ClF3INO3. The molecule has 0 bridgehead atoms. The molecule has 1 aromatic heterocycles. The van der Waals surface area contributed by atoms with Gasteiger partial charge >= 0.3 is 12.3 Å². The van der Waals surface area contributed by atoms with Gasteiger partial charge in [-0.05, 0) is 28.7 Å².